The zero-order chi connectivity index (χ0) is 28.8. The summed E-state index contributed by atoms with van der Waals surface area (Å²) in [5.41, 5.74) is 1.34. The predicted molar refractivity (Wildman–Crippen MR) is 156 cm³/mol. The van der Waals surface area contributed by atoms with Crippen LogP contribution < -0.4 is 9.62 Å². The number of aryl methyl sites for hydroxylation is 1. The number of halogens is 1. The lowest BCUT2D eigenvalue weighted by Gasteiger charge is -2.35. The number of benzene rings is 3. The molecule has 0 saturated carbocycles. The van der Waals surface area contributed by atoms with Gasteiger partial charge in [-0.2, -0.15) is 0 Å². The van der Waals surface area contributed by atoms with E-state index in [1.807, 2.05) is 40.7 Å². The van der Waals surface area contributed by atoms with Crippen molar-refractivity contribution in [1.29, 1.82) is 0 Å². The Balaban J connectivity index is 2.08. The Morgan fingerprint density at radius 3 is 2.18 bits per heavy atom. The maximum absolute atomic E-state index is 14.1. The van der Waals surface area contributed by atoms with Crippen molar-refractivity contribution in [3.8, 4) is 0 Å². The molecule has 7 nitrogen and oxygen atoms in total. The number of hydrogen-bond donors (Lipinski definition) is 1. The van der Waals surface area contributed by atoms with Crippen LogP contribution in [0.4, 0.5) is 5.69 Å². The highest BCUT2D eigenvalue weighted by Crippen LogP contribution is 2.26. The molecule has 1 N–H and O–H groups in total. The zero-order valence-electron chi connectivity index (χ0n) is 23.0. The second kappa shape index (κ2) is 12.7. The van der Waals surface area contributed by atoms with Crippen molar-refractivity contribution in [3.63, 3.8) is 0 Å². The molecule has 0 saturated heterocycles. The first-order valence-corrected chi connectivity index (χ1v) is 14.6. The van der Waals surface area contributed by atoms with E-state index in [4.69, 9.17) is 11.6 Å². The number of nitrogens with zero attached hydrogens (tertiary/aromatic N) is 2. The summed E-state index contributed by atoms with van der Waals surface area (Å²) in [6.45, 7) is 8.81. The standard InChI is InChI=1S/C30H36ClN3O4S/c1-6-27(29(36)32-30(3,4)5)33(20-23-14-10-11-18-26(23)31)28(35)21-34(24-15-12-13-22(2)19-24)39(37,38)25-16-8-7-9-17-25/h7-19,27H,6,20-21H2,1-5H3,(H,32,36)/t27-/m1/s1. The van der Waals surface area contributed by atoms with Gasteiger partial charge in [-0.15, -0.1) is 0 Å². The predicted octanol–water partition coefficient (Wildman–Crippen LogP) is 5.57. The van der Waals surface area contributed by atoms with Crippen molar-refractivity contribution in [3.05, 3.63) is 95.0 Å². The number of carbonyl (C=O) groups is 2. The number of rotatable bonds is 10. The van der Waals surface area contributed by atoms with Crippen LogP contribution in [0.1, 0.15) is 45.2 Å². The van der Waals surface area contributed by atoms with Crippen LogP contribution in [0.15, 0.2) is 83.8 Å². The first-order chi connectivity index (χ1) is 18.3. The lowest BCUT2D eigenvalue weighted by Crippen LogP contribution is -2.55. The third-order valence-electron chi connectivity index (χ3n) is 6.08. The zero-order valence-corrected chi connectivity index (χ0v) is 24.6. The van der Waals surface area contributed by atoms with Crippen LogP contribution in [0.3, 0.4) is 0 Å². The summed E-state index contributed by atoms with van der Waals surface area (Å²) in [5.74, 6) is -0.842. The lowest BCUT2D eigenvalue weighted by molar-refractivity contribution is -0.141. The highest BCUT2D eigenvalue weighted by molar-refractivity contribution is 7.92. The fraction of sp³-hybridized carbons (Fsp3) is 0.333. The third kappa shape index (κ3) is 7.83. The molecule has 0 heterocycles. The van der Waals surface area contributed by atoms with Gasteiger partial charge in [-0.05, 0) is 75.6 Å². The molecule has 0 bridgehead atoms. The normalized spacial score (nSPS) is 12.5. The molecule has 2 amide bonds. The Kier molecular flexibility index (Phi) is 9.80. The summed E-state index contributed by atoms with van der Waals surface area (Å²) >= 11 is 6.43. The average molecular weight is 570 g/mol. The fourth-order valence-corrected chi connectivity index (χ4v) is 5.84. The van der Waals surface area contributed by atoms with E-state index < -0.39 is 34.1 Å². The van der Waals surface area contributed by atoms with E-state index in [-0.39, 0.29) is 17.3 Å². The van der Waals surface area contributed by atoms with E-state index in [9.17, 15) is 18.0 Å². The van der Waals surface area contributed by atoms with Gasteiger partial charge in [0.05, 0.1) is 10.6 Å². The van der Waals surface area contributed by atoms with Gasteiger partial charge in [-0.3, -0.25) is 13.9 Å². The highest BCUT2D eigenvalue weighted by atomic mass is 35.5. The van der Waals surface area contributed by atoms with Crippen LogP contribution in [-0.4, -0.2) is 43.3 Å². The van der Waals surface area contributed by atoms with E-state index in [0.717, 1.165) is 9.87 Å². The number of amides is 2. The van der Waals surface area contributed by atoms with Gasteiger partial charge in [0.2, 0.25) is 11.8 Å². The molecule has 0 aromatic heterocycles. The second-order valence-electron chi connectivity index (χ2n) is 10.4. The Labute approximate surface area is 236 Å². The SMILES string of the molecule is CC[C@H](C(=O)NC(C)(C)C)N(Cc1ccccc1Cl)C(=O)CN(c1cccc(C)c1)S(=O)(=O)c1ccccc1. The summed E-state index contributed by atoms with van der Waals surface area (Å²) < 4.78 is 28.8. The van der Waals surface area contributed by atoms with E-state index in [1.165, 1.54) is 17.0 Å². The molecule has 0 aliphatic rings. The van der Waals surface area contributed by atoms with Crippen molar-refractivity contribution in [2.24, 2.45) is 0 Å². The number of carbonyl (C=O) groups excluding carboxylic acids is 2. The van der Waals surface area contributed by atoms with Crippen molar-refractivity contribution >= 4 is 39.1 Å². The number of hydrogen-bond acceptors (Lipinski definition) is 4. The summed E-state index contributed by atoms with van der Waals surface area (Å²) in [6, 6.07) is 21.2. The minimum absolute atomic E-state index is 0.0433. The molecule has 3 aromatic carbocycles. The van der Waals surface area contributed by atoms with Crippen LogP contribution in [0, 0.1) is 6.92 Å². The van der Waals surface area contributed by atoms with E-state index in [2.05, 4.69) is 5.32 Å². The molecule has 0 spiro atoms. The van der Waals surface area contributed by atoms with Crippen LogP contribution in [0.2, 0.25) is 5.02 Å². The number of sulfonamides is 1. The molecule has 0 unspecified atom stereocenters. The molecular formula is C30H36ClN3O4S. The third-order valence-corrected chi connectivity index (χ3v) is 8.24. The Morgan fingerprint density at radius 2 is 1.59 bits per heavy atom. The largest absolute Gasteiger partial charge is 0.350 e. The maximum atomic E-state index is 14.1. The highest BCUT2D eigenvalue weighted by Gasteiger charge is 2.34. The molecule has 9 heteroatoms. The molecule has 3 rings (SSSR count). The first-order valence-electron chi connectivity index (χ1n) is 12.8. The summed E-state index contributed by atoms with van der Waals surface area (Å²) in [6.07, 6.45) is 0.327. The molecule has 0 radical (unpaired) electrons. The van der Waals surface area contributed by atoms with Gasteiger partial charge in [-0.25, -0.2) is 8.42 Å². The van der Waals surface area contributed by atoms with Crippen molar-refractivity contribution in [1.82, 2.24) is 10.2 Å². The minimum atomic E-state index is -4.10. The average Bonchev–Trinajstić information content (AvgIpc) is 2.87. The van der Waals surface area contributed by atoms with Crippen LogP contribution in [0.5, 0.6) is 0 Å². The van der Waals surface area contributed by atoms with Gasteiger partial charge in [-0.1, -0.05) is 67.1 Å². The van der Waals surface area contributed by atoms with Gasteiger partial charge in [0.1, 0.15) is 12.6 Å². The van der Waals surface area contributed by atoms with Gasteiger partial charge in [0.15, 0.2) is 0 Å². The fourth-order valence-electron chi connectivity index (χ4n) is 4.21. The number of anilines is 1. The summed E-state index contributed by atoms with van der Waals surface area (Å²) in [7, 11) is -4.10. The Morgan fingerprint density at radius 1 is 0.949 bits per heavy atom. The topological polar surface area (TPSA) is 86.8 Å². The van der Waals surface area contributed by atoms with Crippen molar-refractivity contribution in [2.75, 3.05) is 10.8 Å². The second-order valence-corrected chi connectivity index (χ2v) is 12.7. The Hall–Kier alpha value is -3.36. The molecule has 208 valence electrons. The van der Waals surface area contributed by atoms with Gasteiger partial charge in [0, 0.05) is 17.1 Å². The van der Waals surface area contributed by atoms with E-state index >= 15 is 0 Å². The van der Waals surface area contributed by atoms with Crippen LogP contribution in [-0.2, 0) is 26.2 Å². The van der Waals surface area contributed by atoms with Crippen molar-refractivity contribution < 1.29 is 18.0 Å². The molecule has 0 fully saturated rings. The molecule has 0 aliphatic carbocycles. The first kappa shape index (κ1) is 30.2. The van der Waals surface area contributed by atoms with E-state index in [0.29, 0.717) is 22.7 Å². The van der Waals surface area contributed by atoms with E-state index in [1.54, 1.807) is 60.7 Å². The minimum Gasteiger partial charge on any atom is -0.350 e. The maximum Gasteiger partial charge on any atom is 0.264 e. The van der Waals surface area contributed by atoms with Crippen LogP contribution in [0.25, 0.3) is 0 Å². The molecule has 0 aliphatic heterocycles. The summed E-state index contributed by atoms with van der Waals surface area (Å²) in [5, 5.41) is 3.41. The smallest absolute Gasteiger partial charge is 0.264 e. The van der Waals surface area contributed by atoms with Gasteiger partial charge < -0.3 is 10.2 Å². The monoisotopic (exact) mass is 569 g/mol. The van der Waals surface area contributed by atoms with Gasteiger partial charge >= 0.3 is 0 Å². The molecule has 1 atom stereocenters. The van der Waals surface area contributed by atoms with Crippen molar-refractivity contribution in [2.45, 2.75) is 64.1 Å². The Bertz CT molecular complexity index is 1400. The van der Waals surface area contributed by atoms with Crippen LogP contribution >= 0.6 is 11.6 Å². The molecule has 3 aromatic rings. The number of nitrogens with one attached hydrogen (secondary N) is 1. The molecular weight excluding hydrogens is 534 g/mol. The summed E-state index contributed by atoms with van der Waals surface area (Å²) in [4.78, 5) is 28.9. The van der Waals surface area contributed by atoms with Gasteiger partial charge in [0.25, 0.3) is 10.0 Å². The quantitative estimate of drug-likeness (QED) is 0.346. The lowest BCUT2D eigenvalue weighted by atomic mass is 10.1. The molecule has 39 heavy (non-hydrogen) atoms.